The van der Waals surface area contributed by atoms with Crippen LogP contribution in [0.15, 0.2) is 42.5 Å². The lowest BCUT2D eigenvalue weighted by molar-refractivity contribution is 0.0948. The van der Waals surface area contributed by atoms with Crippen molar-refractivity contribution in [1.29, 1.82) is 0 Å². The van der Waals surface area contributed by atoms with Crippen molar-refractivity contribution >= 4 is 34.2 Å². The lowest BCUT2D eigenvalue weighted by Gasteiger charge is -2.07. The third-order valence-electron chi connectivity index (χ3n) is 2.64. The van der Waals surface area contributed by atoms with Gasteiger partial charge in [-0.3, -0.25) is 4.79 Å². The van der Waals surface area contributed by atoms with Crippen molar-refractivity contribution in [3.63, 3.8) is 0 Å². The number of nitrogens with two attached hydrogens (primary N) is 1. The molecule has 4 N–H and O–H groups in total. The highest BCUT2D eigenvalue weighted by atomic mass is 127. The Morgan fingerprint density at radius 2 is 1.89 bits per heavy atom. The molecular formula is C14H13IN2O2. The number of aromatic hydroxyl groups is 1. The second-order valence-corrected chi connectivity index (χ2v) is 5.33. The first kappa shape index (κ1) is 13.7. The maximum absolute atomic E-state index is 12.0. The molecule has 0 spiro atoms. The van der Waals surface area contributed by atoms with Gasteiger partial charge in [-0.15, -0.1) is 0 Å². The monoisotopic (exact) mass is 368 g/mol. The summed E-state index contributed by atoms with van der Waals surface area (Å²) >= 11 is 2.09. The number of halogens is 1. The van der Waals surface area contributed by atoms with Gasteiger partial charge in [0.05, 0.1) is 5.56 Å². The lowest BCUT2D eigenvalue weighted by Crippen LogP contribution is -2.22. The summed E-state index contributed by atoms with van der Waals surface area (Å²) < 4.78 is 0.896. The number of nitrogens with one attached hydrogen (secondary N) is 1. The van der Waals surface area contributed by atoms with E-state index in [9.17, 15) is 9.90 Å². The summed E-state index contributed by atoms with van der Waals surface area (Å²) in [7, 11) is 0. The van der Waals surface area contributed by atoms with E-state index in [0.717, 1.165) is 9.13 Å². The molecule has 0 saturated carbocycles. The number of rotatable bonds is 3. The predicted molar refractivity (Wildman–Crippen MR) is 82.8 cm³/mol. The summed E-state index contributed by atoms with van der Waals surface area (Å²) in [5, 5.41) is 12.4. The zero-order chi connectivity index (χ0) is 13.8. The van der Waals surface area contributed by atoms with Crippen LogP contribution >= 0.6 is 22.6 Å². The van der Waals surface area contributed by atoms with E-state index in [2.05, 4.69) is 27.9 Å². The maximum Gasteiger partial charge on any atom is 0.255 e. The third kappa shape index (κ3) is 3.60. The van der Waals surface area contributed by atoms with E-state index in [1.54, 1.807) is 24.3 Å². The Balaban J connectivity index is 2.05. The zero-order valence-corrected chi connectivity index (χ0v) is 12.2. The Labute approximate surface area is 124 Å². The summed E-state index contributed by atoms with van der Waals surface area (Å²) in [6, 6.07) is 12.2. The maximum atomic E-state index is 12.0. The summed E-state index contributed by atoms with van der Waals surface area (Å²) in [6.07, 6.45) is 0. The van der Waals surface area contributed by atoms with Crippen LogP contribution in [0, 0.1) is 3.57 Å². The molecule has 0 saturated heterocycles. The van der Waals surface area contributed by atoms with Crippen molar-refractivity contribution in [3.05, 3.63) is 57.2 Å². The van der Waals surface area contributed by atoms with Gasteiger partial charge in [-0.1, -0.05) is 12.1 Å². The van der Waals surface area contributed by atoms with E-state index in [1.165, 1.54) is 6.07 Å². The molecule has 0 aromatic heterocycles. The molecule has 98 valence electrons. The van der Waals surface area contributed by atoms with Gasteiger partial charge in [0.2, 0.25) is 0 Å². The molecule has 0 aliphatic heterocycles. The number of hydrogen-bond donors (Lipinski definition) is 3. The van der Waals surface area contributed by atoms with Crippen LogP contribution in [0.5, 0.6) is 5.75 Å². The number of phenols is 1. The minimum Gasteiger partial charge on any atom is -0.507 e. The average molecular weight is 368 g/mol. The van der Waals surface area contributed by atoms with Crippen LogP contribution in [-0.2, 0) is 6.54 Å². The molecule has 2 aromatic carbocycles. The molecule has 0 bridgehead atoms. The van der Waals surface area contributed by atoms with Crippen molar-refractivity contribution in [2.45, 2.75) is 6.54 Å². The Morgan fingerprint density at radius 1 is 1.21 bits per heavy atom. The molecule has 19 heavy (non-hydrogen) atoms. The summed E-state index contributed by atoms with van der Waals surface area (Å²) in [6.45, 7) is 0.393. The van der Waals surface area contributed by atoms with Gasteiger partial charge in [-0.05, 0) is 58.5 Å². The van der Waals surface area contributed by atoms with Gasteiger partial charge >= 0.3 is 0 Å². The van der Waals surface area contributed by atoms with Gasteiger partial charge in [0.1, 0.15) is 5.75 Å². The van der Waals surface area contributed by atoms with Crippen molar-refractivity contribution < 1.29 is 9.90 Å². The fourth-order valence-electron chi connectivity index (χ4n) is 1.60. The summed E-state index contributed by atoms with van der Waals surface area (Å²) in [5.41, 5.74) is 7.51. The van der Waals surface area contributed by atoms with Gasteiger partial charge in [-0.25, -0.2) is 0 Å². The SMILES string of the molecule is Nc1ccc(CNC(=O)c2cc(I)ccc2O)cc1. The number of amides is 1. The minimum atomic E-state index is -0.298. The first-order chi connectivity index (χ1) is 9.06. The molecule has 0 atom stereocenters. The van der Waals surface area contributed by atoms with Crippen LogP contribution < -0.4 is 11.1 Å². The molecule has 0 unspecified atom stereocenters. The smallest absolute Gasteiger partial charge is 0.255 e. The number of hydrogen-bond acceptors (Lipinski definition) is 3. The largest absolute Gasteiger partial charge is 0.507 e. The van der Waals surface area contributed by atoms with E-state index in [0.29, 0.717) is 12.2 Å². The predicted octanol–water partition coefficient (Wildman–Crippen LogP) is 2.51. The number of nitrogen functional groups attached to an aromatic ring is 1. The van der Waals surface area contributed by atoms with E-state index >= 15 is 0 Å². The topological polar surface area (TPSA) is 75.3 Å². The van der Waals surface area contributed by atoms with E-state index < -0.39 is 0 Å². The average Bonchev–Trinajstić information content (AvgIpc) is 2.40. The van der Waals surface area contributed by atoms with Gasteiger partial charge in [0.25, 0.3) is 5.91 Å². The second kappa shape index (κ2) is 5.92. The van der Waals surface area contributed by atoms with Gasteiger partial charge in [0, 0.05) is 15.8 Å². The van der Waals surface area contributed by atoms with Crippen LogP contribution in [-0.4, -0.2) is 11.0 Å². The standard InChI is InChI=1S/C14H13IN2O2/c15-10-3-6-13(18)12(7-10)14(19)17-8-9-1-4-11(16)5-2-9/h1-7,18H,8,16H2,(H,17,19). The van der Waals surface area contributed by atoms with Crippen molar-refractivity contribution in [1.82, 2.24) is 5.32 Å². The molecule has 0 heterocycles. The van der Waals surface area contributed by atoms with Crippen molar-refractivity contribution in [2.75, 3.05) is 5.73 Å². The number of benzene rings is 2. The number of phenolic OH excluding ortho intramolecular Hbond substituents is 1. The minimum absolute atomic E-state index is 0.0183. The Kier molecular flexibility index (Phi) is 4.26. The molecule has 1 amide bonds. The fraction of sp³-hybridized carbons (Fsp3) is 0.0714. The second-order valence-electron chi connectivity index (χ2n) is 4.09. The molecule has 4 nitrogen and oxygen atoms in total. The first-order valence-corrected chi connectivity index (χ1v) is 6.75. The molecule has 0 aliphatic rings. The van der Waals surface area contributed by atoms with Crippen molar-refractivity contribution in [2.24, 2.45) is 0 Å². The molecule has 0 aliphatic carbocycles. The van der Waals surface area contributed by atoms with E-state index in [-0.39, 0.29) is 17.2 Å². The molecule has 5 heteroatoms. The molecule has 0 radical (unpaired) electrons. The van der Waals surface area contributed by atoms with Gasteiger partial charge in [-0.2, -0.15) is 0 Å². The number of carbonyl (C=O) groups is 1. The van der Waals surface area contributed by atoms with E-state index in [1.807, 2.05) is 12.1 Å². The molecule has 0 fully saturated rings. The highest BCUT2D eigenvalue weighted by Crippen LogP contribution is 2.19. The van der Waals surface area contributed by atoms with E-state index in [4.69, 9.17) is 5.73 Å². The lowest BCUT2D eigenvalue weighted by atomic mass is 10.1. The van der Waals surface area contributed by atoms with Crippen LogP contribution in [0.3, 0.4) is 0 Å². The third-order valence-corrected chi connectivity index (χ3v) is 3.31. The Morgan fingerprint density at radius 3 is 2.58 bits per heavy atom. The molecule has 2 aromatic rings. The molecule has 2 rings (SSSR count). The highest BCUT2D eigenvalue weighted by Gasteiger charge is 2.11. The van der Waals surface area contributed by atoms with Crippen LogP contribution in [0.1, 0.15) is 15.9 Å². The van der Waals surface area contributed by atoms with Crippen LogP contribution in [0.4, 0.5) is 5.69 Å². The number of carbonyl (C=O) groups excluding carboxylic acids is 1. The van der Waals surface area contributed by atoms with Gasteiger partial charge < -0.3 is 16.2 Å². The quantitative estimate of drug-likeness (QED) is 0.576. The highest BCUT2D eigenvalue weighted by molar-refractivity contribution is 14.1. The van der Waals surface area contributed by atoms with Crippen molar-refractivity contribution in [3.8, 4) is 5.75 Å². The van der Waals surface area contributed by atoms with Crippen LogP contribution in [0.25, 0.3) is 0 Å². The van der Waals surface area contributed by atoms with Crippen LogP contribution in [0.2, 0.25) is 0 Å². The summed E-state index contributed by atoms with van der Waals surface area (Å²) in [5.74, 6) is -0.317. The Hall–Kier alpha value is -1.76. The number of anilines is 1. The first-order valence-electron chi connectivity index (χ1n) is 5.67. The summed E-state index contributed by atoms with van der Waals surface area (Å²) in [4.78, 5) is 12.0. The Bertz CT molecular complexity index is 597. The molecular weight excluding hydrogens is 355 g/mol. The fourth-order valence-corrected chi connectivity index (χ4v) is 2.09. The van der Waals surface area contributed by atoms with Gasteiger partial charge in [0.15, 0.2) is 0 Å². The normalized spacial score (nSPS) is 10.2. The zero-order valence-electron chi connectivity index (χ0n) is 10.1.